The minimum Gasteiger partial charge on any atom is -0.345 e. The quantitative estimate of drug-likeness (QED) is 0.769. The standard InChI is InChI=1S/C15H21FN2O4S/c1-9(2)7-14(17-10(3)19)15(20)18-13-8-11(23(4,21)22)5-6-12(13)16/h5-6,8-9,14H,7H2,1-4H3,(H,17,19)(H,18,20)/t14-/m0/s1. The van der Waals surface area contributed by atoms with Crippen LogP contribution < -0.4 is 10.6 Å². The van der Waals surface area contributed by atoms with Crippen LogP contribution in [-0.4, -0.2) is 32.5 Å². The predicted octanol–water partition coefficient (Wildman–Crippen LogP) is 1.72. The molecule has 8 heteroatoms. The first-order valence-corrected chi connectivity index (χ1v) is 8.97. The van der Waals surface area contributed by atoms with Crippen molar-refractivity contribution in [2.24, 2.45) is 5.92 Å². The molecule has 0 saturated carbocycles. The van der Waals surface area contributed by atoms with E-state index in [0.717, 1.165) is 24.5 Å². The van der Waals surface area contributed by atoms with Gasteiger partial charge in [-0.25, -0.2) is 12.8 Å². The van der Waals surface area contributed by atoms with Crippen LogP contribution in [0.1, 0.15) is 27.2 Å². The Bertz CT molecular complexity index is 701. The van der Waals surface area contributed by atoms with Gasteiger partial charge in [0.05, 0.1) is 10.6 Å². The molecule has 0 aliphatic heterocycles. The van der Waals surface area contributed by atoms with Gasteiger partial charge < -0.3 is 10.6 Å². The van der Waals surface area contributed by atoms with Gasteiger partial charge in [0.2, 0.25) is 11.8 Å². The Kier molecular flexibility index (Phi) is 6.26. The number of carbonyl (C=O) groups is 2. The Balaban J connectivity index is 3.04. The number of rotatable bonds is 6. The fourth-order valence-electron chi connectivity index (χ4n) is 2.00. The number of anilines is 1. The summed E-state index contributed by atoms with van der Waals surface area (Å²) in [4.78, 5) is 23.4. The molecule has 128 valence electrons. The average molecular weight is 344 g/mol. The molecule has 0 heterocycles. The van der Waals surface area contributed by atoms with E-state index in [0.29, 0.717) is 6.42 Å². The molecule has 1 atom stereocenters. The molecule has 0 radical (unpaired) electrons. The van der Waals surface area contributed by atoms with E-state index < -0.39 is 27.6 Å². The van der Waals surface area contributed by atoms with Crippen LogP contribution in [0.15, 0.2) is 23.1 Å². The first kappa shape index (κ1) is 19.1. The number of sulfone groups is 1. The molecule has 0 saturated heterocycles. The molecule has 0 aromatic heterocycles. The minimum absolute atomic E-state index is 0.103. The first-order valence-electron chi connectivity index (χ1n) is 7.08. The Morgan fingerprint density at radius 3 is 2.35 bits per heavy atom. The van der Waals surface area contributed by atoms with Gasteiger partial charge in [0.25, 0.3) is 0 Å². The Hall–Kier alpha value is -1.96. The van der Waals surface area contributed by atoms with Gasteiger partial charge in [-0.05, 0) is 30.5 Å². The van der Waals surface area contributed by atoms with Crippen LogP contribution in [0.25, 0.3) is 0 Å². The van der Waals surface area contributed by atoms with Crippen molar-refractivity contribution in [3.63, 3.8) is 0 Å². The molecule has 1 aromatic rings. The number of hydrogen-bond acceptors (Lipinski definition) is 4. The van der Waals surface area contributed by atoms with Crippen LogP contribution in [0, 0.1) is 11.7 Å². The molecule has 23 heavy (non-hydrogen) atoms. The van der Waals surface area contributed by atoms with Crippen molar-refractivity contribution in [1.29, 1.82) is 0 Å². The lowest BCUT2D eigenvalue weighted by Gasteiger charge is -2.19. The summed E-state index contributed by atoms with van der Waals surface area (Å²) in [6, 6.07) is 2.33. The molecule has 0 aliphatic carbocycles. The summed E-state index contributed by atoms with van der Waals surface area (Å²) in [6.07, 6.45) is 1.36. The molecule has 0 aliphatic rings. The SMILES string of the molecule is CC(=O)N[C@@H](CC(C)C)C(=O)Nc1cc(S(C)(=O)=O)ccc1F. The van der Waals surface area contributed by atoms with Gasteiger partial charge in [0, 0.05) is 13.2 Å². The van der Waals surface area contributed by atoms with Crippen LogP contribution in [-0.2, 0) is 19.4 Å². The van der Waals surface area contributed by atoms with Crippen molar-refractivity contribution in [2.45, 2.75) is 38.1 Å². The summed E-state index contributed by atoms with van der Waals surface area (Å²) in [6.45, 7) is 5.05. The van der Waals surface area contributed by atoms with Gasteiger partial charge in [-0.15, -0.1) is 0 Å². The van der Waals surface area contributed by atoms with Crippen molar-refractivity contribution in [3.8, 4) is 0 Å². The van der Waals surface area contributed by atoms with Crippen molar-refractivity contribution < 1.29 is 22.4 Å². The highest BCUT2D eigenvalue weighted by atomic mass is 32.2. The molecule has 0 spiro atoms. The summed E-state index contributed by atoms with van der Waals surface area (Å²) < 4.78 is 36.8. The fourth-order valence-corrected chi connectivity index (χ4v) is 2.65. The number of benzene rings is 1. The summed E-state index contributed by atoms with van der Waals surface area (Å²) >= 11 is 0. The zero-order valence-corrected chi connectivity index (χ0v) is 14.3. The molecule has 6 nitrogen and oxygen atoms in total. The number of nitrogens with one attached hydrogen (secondary N) is 2. The highest BCUT2D eigenvalue weighted by Gasteiger charge is 2.22. The van der Waals surface area contributed by atoms with Crippen molar-refractivity contribution >= 4 is 27.3 Å². The number of halogens is 1. The molecule has 0 bridgehead atoms. The topological polar surface area (TPSA) is 92.3 Å². The third kappa shape index (κ3) is 5.97. The molecule has 2 amide bonds. The van der Waals surface area contributed by atoms with E-state index in [9.17, 15) is 22.4 Å². The van der Waals surface area contributed by atoms with E-state index in [1.807, 2.05) is 13.8 Å². The average Bonchev–Trinajstić information content (AvgIpc) is 2.38. The molecule has 1 rings (SSSR count). The molecule has 0 fully saturated rings. The minimum atomic E-state index is -3.52. The van der Waals surface area contributed by atoms with Gasteiger partial charge in [-0.2, -0.15) is 0 Å². The predicted molar refractivity (Wildman–Crippen MR) is 85.2 cm³/mol. The van der Waals surface area contributed by atoms with Crippen LogP contribution in [0.5, 0.6) is 0 Å². The van der Waals surface area contributed by atoms with Gasteiger partial charge in [-0.3, -0.25) is 9.59 Å². The van der Waals surface area contributed by atoms with Crippen LogP contribution in [0.3, 0.4) is 0 Å². The Labute approximate surface area is 135 Å². The zero-order chi connectivity index (χ0) is 17.8. The smallest absolute Gasteiger partial charge is 0.247 e. The van der Waals surface area contributed by atoms with Crippen LogP contribution in [0.4, 0.5) is 10.1 Å². The van der Waals surface area contributed by atoms with Crippen molar-refractivity contribution in [2.75, 3.05) is 11.6 Å². The summed E-state index contributed by atoms with van der Waals surface area (Å²) in [7, 11) is -3.52. The van der Waals surface area contributed by atoms with Gasteiger partial charge >= 0.3 is 0 Å². The largest absolute Gasteiger partial charge is 0.345 e. The van der Waals surface area contributed by atoms with E-state index in [1.54, 1.807) is 0 Å². The van der Waals surface area contributed by atoms with Crippen molar-refractivity contribution in [3.05, 3.63) is 24.0 Å². The molecule has 0 unspecified atom stereocenters. The second kappa shape index (κ2) is 7.54. The molecular weight excluding hydrogens is 323 g/mol. The van der Waals surface area contributed by atoms with E-state index in [2.05, 4.69) is 10.6 Å². The van der Waals surface area contributed by atoms with Gasteiger partial charge in [-0.1, -0.05) is 13.8 Å². The zero-order valence-electron chi connectivity index (χ0n) is 13.5. The maximum Gasteiger partial charge on any atom is 0.247 e. The third-order valence-electron chi connectivity index (χ3n) is 3.02. The lowest BCUT2D eigenvalue weighted by atomic mass is 10.0. The Morgan fingerprint density at radius 2 is 1.87 bits per heavy atom. The van der Waals surface area contributed by atoms with Crippen molar-refractivity contribution in [1.82, 2.24) is 5.32 Å². The lowest BCUT2D eigenvalue weighted by Crippen LogP contribution is -2.43. The van der Waals surface area contributed by atoms with E-state index in [4.69, 9.17) is 0 Å². The normalized spacial score (nSPS) is 12.8. The molecular formula is C15H21FN2O4S. The van der Waals surface area contributed by atoms with E-state index >= 15 is 0 Å². The maximum atomic E-state index is 13.8. The fraction of sp³-hybridized carbons (Fsp3) is 0.467. The Morgan fingerprint density at radius 1 is 1.26 bits per heavy atom. The first-order chi connectivity index (χ1) is 10.5. The van der Waals surface area contributed by atoms with E-state index in [1.165, 1.54) is 6.92 Å². The van der Waals surface area contributed by atoms with Gasteiger partial charge in [0.1, 0.15) is 11.9 Å². The summed E-state index contributed by atoms with van der Waals surface area (Å²) in [5.41, 5.74) is -0.239. The number of carbonyl (C=O) groups excluding carboxylic acids is 2. The van der Waals surface area contributed by atoms with Crippen LogP contribution >= 0.6 is 0 Å². The lowest BCUT2D eigenvalue weighted by molar-refractivity contribution is -0.125. The second-order valence-electron chi connectivity index (χ2n) is 5.79. The maximum absolute atomic E-state index is 13.8. The summed E-state index contributed by atoms with van der Waals surface area (Å²) in [5.74, 6) is -1.60. The highest BCUT2D eigenvalue weighted by molar-refractivity contribution is 7.90. The summed E-state index contributed by atoms with van der Waals surface area (Å²) in [5, 5.41) is 4.84. The number of amides is 2. The second-order valence-corrected chi connectivity index (χ2v) is 7.80. The van der Waals surface area contributed by atoms with Gasteiger partial charge in [0.15, 0.2) is 9.84 Å². The van der Waals surface area contributed by atoms with E-state index in [-0.39, 0.29) is 22.4 Å². The highest BCUT2D eigenvalue weighted by Crippen LogP contribution is 2.20. The van der Waals surface area contributed by atoms with Crippen LogP contribution in [0.2, 0.25) is 0 Å². The monoisotopic (exact) mass is 344 g/mol. The molecule has 1 aromatic carbocycles. The third-order valence-corrected chi connectivity index (χ3v) is 4.14. The number of hydrogen-bond donors (Lipinski definition) is 2. The molecule has 2 N–H and O–H groups in total.